The number of furan rings is 1. The Morgan fingerprint density at radius 2 is 2.27 bits per heavy atom. The van der Waals surface area contributed by atoms with Gasteiger partial charge in [0.15, 0.2) is 17.9 Å². The van der Waals surface area contributed by atoms with Crippen LogP contribution in [-0.2, 0) is 4.79 Å². The third-order valence-electron chi connectivity index (χ3n) is 2.35. The van der Waals surface area contributed by atoms with E-state index in [1.165, 1.54) is 0 Å². The van der Waals surface area contributed by atoms with Crippen LogP contribution in [0.2, 0.25) is 0 Å². The molecule has 2 heterocycles. The highest BCUT2D eigenvalue weighted by molar-refractivity contribution is 5.77. The fourth-order valence-electron chi connectivity index (χ4n) is 1.56. The van der Waals surface area contributed by atoms with E-state index in [2.05, 4.69) is 5.32 Å². The molecule has 1 fully saturated rings. The van der Waals surface area contributed by atoms with Crippen LogP contribution in [0.3, 0.4) is 0 Å². The van der Waals surface area contributed by atoms with Crippen molar-refractivity contribution in [1.82, 2.24) is 5.32 Å². The molecule has 1 aliphatic heterocycles. The van der Waals surface area contributed by atoms with Crippen LogP contribution in [-0.4, -0.2) is 31.8 Å². The molecule has 1 aromatic rings. The first kappa shape index (κ1) is 9.76. The largest absolute Gasteiger partial charge is 0.438 e. The average Bonchev–Trinajstić information content (AvgIpc) is 2.62. The first-order chi connectivity index (χ1) is 7.29. The van der Waals surface area contributed by atoms with Crippen LogP contribution >= 0.6 is 0 Å². The van der Waals surface area contributed by atoms with Crippen LogP contribution in [0.4, 0.5) is 5.88 Å². The second-order valence-corrected chi connectivity index (χ2v) is 3.38. The highest BCUT2D eigenvalue weighted by Gasteiger charge is 2.16. The summed E-state index contributed by atoms with van der Waals surface area (Å²) >= 11 is 0. The van der Waals surface area contributed by atoms with Crippen LogP contribution in [0.25, 0.3) is 0 Å². The molecule has 0 aromatic carbocycles. The normalized spacial score (nSPS) is 17.1. The fourth-order valence-corrected chi connectivity index (χ4v) is 1.56. The predicted molar refractivity (Wildman–Crippen MR) is 53.9 cm³/mol. The van der Waals surface area contributed by atoms with Crippen LogP contribution in [0.5, 0.6) is 0 Å². The van der Waals surface area contributed by atoms with Crippen molar-refractivity contribution in [3.05, 3.63) is 17.9 Å². The minimum absolute atomic E-state index is 0.0552. The van der Waals surface area contributed by atoms with Crippen LogP contribution in [0.15, 0.2) is 16.5 Å². The van der Waals surface area contributed by atoms with E-state index in [1.807, 2.05) is 4.90 Å². The molecule has 15 heavy (non-hydrogen) atoms. The number of aldehydes is 1. The zero-order valence-electron chi connectivity index (χ0n) is 8.23. The maximum Gasteiger partial charge on any atom is 0.221 e. The summed E-state index contributed by atoms with van der Waals surface area (Å²) in [6, 6.07) is 3.38. The standard InChI is InChI=1S/C10H12N2O3/c13-7-8-1-2-10(15-8)12-5-3-9(14)11-4-6-12/h1-2,7H,3-6H2,(H,11,14). The third-order valence-corrected chi connectivity index (χ3v) is 2.35. The number of amides is 1. The van der Waals surface area contributed by atoms with Crippen molar-refractivity contribution in [3.63, 3.8) is 0 Å². The molecule has 1 amide bonds. The summed E-state index contributed by atoms with van der Waals surface area (Å²) in [6.07, 6.45) is 1.13. The molecule has 5 nitrogen and oxygen atoms in total. The molecule has 2 rings (SSSR count). The van der Waals surface area contributed by atoms with E-state index in [4.69, 9.17) is 4.42 Å². The Bertz CT molecular complexity index is 372. The van der Waals surface area contributed by atoms with Gasteiger partial charge in [-0.15, -0.1) is 0 Å². The van der Waals surface area contributed by atoms with Gasteiger partial charge in [-0.2, -0.15) is 0 Å². The summed E-state index contributed by atoms with van der Waals surface area (Å²) in [5.74, 6) is 1.02. The third kappa shape index (κ3) is 2.18. The smallest absolute Gasteiger partial charge is 0.221 e. The molecule has 0 saturated carbocycles. The lowest BCUT2D eigenvalue weighted by atomic mass is 10.4. The molecule has 1 aromatic heterocycles. The van der Waals surface area contributed by atoms with Gasteiger partial charge in [-0.05, 0) is 6.07 Å². The summed E-state index contributed by atoms with van der Waals surface area (Å²) in [4.78, 5) is 23.5. The maximum atomic E-state index is 11.1. The number of rotatable bonds is 2. The lowest BCUT2D eigenvalue weighted by Crippen LogP contribution is -2.27. The van der Waals surface area contributed by atoms with Crippen LogP contribution < -0.4 is 10.2 Å². The number of carbonyl (C=O) groups is 2. The molecular formula is C10H12N2O3. The molecule has 1 saturated heterocycles. The number of nitrogens with zero attached hydrogens (tertiary/aromatic N) is 1. The van der Waals surface area contributed by atoms with Crippen molar-refractivity contribution in [2.75, 3.05) is 24.5 Å². The summed E-state index contributed by atoms with van der Waals surface area (Å²) in [5, 5.41) is 2.77. The predicted octanol–water partition coefficient (Wildman–Crippen LogP) is 0.418. The van der Waals surface area contributed by atoms with Crippen molar-refractivity contribution >= 4 is 18.1 Å². The van der Waals surface area contributed by atoms with Gasteiger partial charge in [-0.25, -0.2) is 0 Å². The Labute approximate surface area is 87.0 Å². The van der Waals surface area contributed by atoms with E-state index in [0.717, 1.165) is 0 Å². The van der Waals surface area contributed by atoms with Gasteiger partial charge in [0.25, 0.3) is 0 Å². The number of nitrogens with one attached hydrogen (secondary N) is 1. The zero-order chi connectivity index (χ0) is 10.7. The number of hydrogen-bond donors (Lipinski definition) is 1. The molecule has 0 spiro atoms. The van der Waals surface area contributed by atoms with Crippen molar-refractivity contribution in [3.8, 4) is 0 Å². The van der Waals surface area contributed by atoms with Crippen molar-refractivity contribution in [2.45, 2.75) is 6.42 Å². The minimum atomic E-state index is 0.0552. The summed E-state index contributed by atoms with van der Waals surface area (Å²) in [7, 11) is 0. The molecular weight excluding hydrogens is 196 g/mol. The van der Waals surface area contributed by atoms with Gasteiger partial charge in [0, 0.05) is 32.1 Å². The highest BCUT2D eigenvalue weighted by atomic mass is 16.4. The summed E-state index contributed by atoms with van der Waals surface area (Å²) < 4.78 is 5.28. The number of hydrogen-bond acceptors (Lipinski definition) is 4. The molecule has 0 unspecified atom stereocenters. The molecule has 5 heteroatoms. The lowest BCUT2D eigenvalue weighted by molar-refractivity contribution is -0.120. The van der Waals surface area contributed by atoms with E-state index >= 15 is 0 Å². The molecule has 80 valence electrons. The quantitative estimate of drug-likeness (QED) is 0.715. The summed E-state index contributed by atoms with van der Waals surface area (Å²) in [5.41, 5.74) is 0. The van der Waals surface area contributed by atoms with Crippen molar-refractivity contribution in [1.29, 1.82) is 0 Å². The Hall–Kier alpha value is -1.78. The second kappa shape index (κ2) is 4.16. The molecule has 0 radical (unpaired) electrons. The van der Waals surface area contributed by atoms with E-state index in [1.54, 1.807) is 12.1 Å². The van der Waals surface area contributed by atoms with E-state index < -0.39 is 0 Å². The highest BCUT2D eigenvalue weighted by Crippen LogP contribution is 2.18. The number of anilines is 1. The van der Waals surface area contributed by atoms with Gasteiger partial charge in [0.2, 0.25) is 5.91 Å². The number of carbonyl (C=O) groups excluding carboxylic acids is 2. The summed E-state index contributed by atoms with van der Waals surface area (Å²) in [6.45, 7) is 1.94. The zero-order valence-corrected chi connectivity index (χ0v) is 8.23. The van der Waals surface area contributed by atoms with Gasteiger partial charge in [-0.1, -0.05) is 0 Å². The van der Waals surface area contributed by atoms with Crippen LogP contribution in [0, 0.1) is 0 Å². The topological polar surface area (TPSA) is 62.6 Å². The molecule has 1 aliphatic rings. The molecule has 0 atom stereocenters. The Balaban J connectivity index is 2.09. The van der Waals surface area contributed by atoms with Crippen molar-refractivity contribution in [2.24, 2.45) is 0 Å². The van der Waals surface area contributed by atoms with Gasteiger partial charge < -0.3 is 14.6 Å². The Kier molecular flexibility index (Phi) is 2.71. The Morgan fingerprint density at radius 1 is 1.40 bits per heavy atom. The molecule has 1 N–H and O–H groups in total. The van der Waals surface area contributed by atoms with Crippen LogP contribution in [0.1, 0.15) is 17.0 Å². The van der Waals surface area contributed by atoms with Crippen molar-refractivity contribution < 1.29 is 14.0 Å². The molecule has 0 bridgehead atoms. The average molecular weight is 208 g/mol. The first-order valence-corrected chi connectivity index (χ1v) is 4.86. The van der Waals surface area contributed by atoms with Gasteiger partial charge in [0.05, 0.1) is 0 Å². The van der Waals surface area contributed by atoms with E-state index in [-0.39, 0.29) is 5.91 Å². The Morgan fingerprint density at radius 3 is 3.00 bits per heavy atom. The van der Waals surface area contributed by atoms with Gasteiger partial charge in [-0.3, -0.25) is 9.59 Å². The second-order valence-electron chi connectivity index (χ2n) is 3.38. The SMILES string of the molecule is O=Cc1ccc(N2CCNC(=O)CC2)o1. The van der Waals surface area contributed by atoms with E-state index in [0.29, 0.717) is 44.0 Å². The first-order valence-electron chi connectivity index (χ1n) is 4.86. The maximum absolute atomic E-state index is 11.1. The van der Waals surface area contributed by atoms with Gasteiger partial charge >= 0.3 is 0 Å². The minimum Gasteiger partial charge on any atom is -0.438 e. The monoisotopic (exact) mass is 208 g/mol. The lowest BCUT2D eigenvalue weighted by Gasteiger charge is -2.17. The van der Waals surface area contributed by atoms with E-state index in [9.17, 15) is 9.59 Å². The fraction of sp³-hybridized carbons (Fsp3) is 0.400. The molecule has 0 aliphatic carbocycles. The van der Waals surface area contributed by atoms with Gasteiger partial charge in [0.1, 0.15) is 0 Å².